The van der Waals surface area contributed by atoms with Crippen LogP contribution in [0.1, 0.15) is 17.9 Å². The molecule has 1 aromatic carbocycles. The van der Waals surface area contributed by atoms with E-state index in [1.54, 1.807) is 0 Å². The van der Waals surface area contributed by atoms with Crippen molar-refractivity contribution in [1.82, 2.24) is 10.2 Å². The van der Waals surface area contributed by atoms with Crippen LogP contribution in [0.15, 0.2) is 30.3 Å². The maximum absolute atomic E-state index is 3.43. The molecule has 2 saturated heterocycles. The summed E-state index contributed by atoms with van der Waals surface area (Å²) in [4.78, 5) is 2.62. The Balaban J connectivity index is 1.57. The summed E-state index contributed by atoms with van der Waals surface area (Å²) >= 11 is 0. The average molecular weight is 202 g/mol. The van der Waals surface area contributed by atoms with Gasteiger partial charge in [0.2, 0.25) is 0 Å². The third kappa shape index (κ3) is 1.80. The van der Waals surface area contributed by atoms with Crippen molar-refractivity contribution < 1.29 is 0 Å². The predicted octanol–water partition coefficient (Wildman–Crippen LogP) is 1.45. The lowest BCUT2D eigenvalue weighted by atomic mass is 9.90. The van der Waals surface area contributed by atoms with Gasteiger partial charge in [-0.3, -0.25) is 4.90 Å². The Hall–Kier alpha value is -0.860. The summed E-state index contributed by atoms with van der Waals surface area (Å²) in [5.74, 6) is 0.784. The number of likely N-dealkylation sites (tertiary alicyclic amines) is 1. The second kappa shape index (κ2) is 3.95. The van der Waals surface area contributed by atoms with Crippen molar-refractivity contribution >= 4 is 0 Å². The number of nitrogens with zero attached hydrogens (tertiary/aromatic N) is 1. The van der Waals surface area contributed by atoms with E-state index in [1.165, 1.54) is 38.2 Å². The monoisotopic (exact) mass is 202 g/mol. The van der Waals surface area contributed by atoms with Gasteiger partial charge in [-0.05, 0) is 18.5 Å². The summed E-state index contributed by atoms with van der Waals surface area (Å²) in [5, 5.41) is 3.43. The predicted molar refractivity (Wildman–Crippen MR) is 62.0 cm³/mol. The van der Waals surface area contributed by atoms with E-state index in [4.69, 9.17) is 0 Å². The molecule has 2 heterocycles. The first-order valence-corrected chi connectivity index (χ1v) is 5.93. The van der Waals surface area contributed by atoms with E-state index in [2.05, 4.69) is 40.5 Å². The highest BCUT2D eigenvalue weighted by atomic mass is 15.2. The van der Waals surface area contributed by atoms with Gasteiger partial charge >= 0.3 is 0 Å². The van der Waals surface area contributed by atoms with Crippen molar-refractivity contribution in [3.8, 4) is 0 Å². The van der Waals surface area contributed by atoms with E-state index >= 15 is 0 Å². The second-order valence-corrected chi connectivity index (χ2v) is 4.71. The summed E-state index contributed by atoms with van der Waals surface area (Å²) in [6.45, 7) is 4.92. The van der Waals surface area contributed by atoms with Gasteiger partial charge in [0.05, 0.1) is 0 Å². The largest absolute Gasteiger partial charge is 0.315 e. The van der Waals surface area contributed by atoms with Crippen LogP contribution in [0, 0.1) is 0 Å². The van der Waals surface area contributed by atoms with Gasteiger partial charge in [0.15, 0.2) is 0 Å². The van der Waals surface area contributed by atoms with Crippen LogP contribution in [-0.4, -0.2) is 37.1 Å². The summed E-state index contributed by atoms with van der Waals surface area (Å²) in [6.07, 6.45) is 1.33. The molecule has 0 amide bonds. The lowest BCUT2D eigenvalue weighted by Crippen LogP contribution is -2.51. The molecule has 1 aromatic rings. The van der Waals surface area contributed by atoms with Crippen molar-refractivity contribution in [3.63, 3.8) is 0 Å². The summed E-state index contributed by atoms with van der Waals surface area (Å²) < 4.78 is 0. The molecule has 0 saturated carbocycles. The lowest BCUT2D eigenvalue weighted by molar-refractivity contribution is 0.101. The van der Waals surface area contributed by atoms with Gasteiger partial charge in [-0.1, -0.05) is 30.3 Å². The molecule has 2 aliphatic rings. The zero-order chi connectivity index (χ0) is 10.1. The zero-order valence-corrected chi connectivity index (χ0v) is 9.02. The van der Waals surface area contributed by atoms with E-state index in [-0.39, 0.29) is 0 Å². The molecule has 1 atom stereocenters. The van der Waals surface area contributed by atoms with Crippen LogP contribution in [0.4, 0.5) is 0 Å². The van der Waals surface area contributed by atoms with Gasteiger partial charge in [-0.15, -0.1) is 0 Å². The first kappa shape index (κ1) is 9.37. The molecular weight excluding hydrogens is 184 g/mol. The second-order valence-electron chi connectivity index (χ2n) is 4.71. The minimum Gasteiger partial charge on any atom is -0.315 e. The molecule has 0 aromatic heterocycles. The number of hydrogen-bond donors (Lipinski definition) is 1. The maximum Gasteiger partial charge on any atom is 0.0233 e. The maximum atomic E-state index is 3.43. The number of rotatable bonds is 2. The number of benzene rings is 1. The van der Waals surface area contributed by atoms with Crippen molar-refractivity contribution in [1.29, 1.82) is 0 Å². The average Bonchev–Trinajstić information content (AvgIpc) is 2.70. The highest BCUT2D eigenvalue weighted by Crippen LogP contribution is 2.29. The summed E-state index contributed by atoms with van der Waals surface area (Å²) in [6, 6.07) is 11.7. The van der Waals surface area contributed by atoms with E-state index < -0.39 is 0 Å². The third-order valence-corrected chi connectivity index (χ3v) is 3.73. The SMILES string of the molecule is c1ccc(C2CN([C@@H]3CCNC3)C2)cc1. The molecule has 0 unspecified atom stereocenters. The minimum atomic E-state index is 0.784. The van der Waals surface area contributed by atoms with Crippen LogP contribution < -0.4 is 5.32 Å². The zero-order valence-electron chi connectivity index (χ0n) is 9.02. The molecule has 1 N–H and O–H groups in total. The first-order valence-electron chi connectivity index (χ1n) is 5.93. The quantitative estimate of drug-likeness (QED) is 0.781. The van der Waals surface area contributed by atoms with Crippen molar-refractivity contribution in [3.05, 3.63) is 35.9 Å². The Morgan fingerprint density at radius 2 is 1.93 bits per heavy atom. The van der Waals surface area contributed by atoms with Gasteiger partial charge in [0.1, 0.15) is 0 Å². The Morgan fingerprint density at radius 3 is 2.60 bits per heavy atom. The molecule has 0 radical (unpaired) electrons. The molecule has 2 fully saturated rings. The molecule has 3 rings (SSSR count). The molecule has 0 aliphatic carbocycles. The molecule has 0 bridgehead atoms. The highest BCUT2D eigenvalue weighted by molar-refractivity contribution is 5.23. The first-order chi connectivity index (χ1) is 7.43. The normalized spacial score (nSPS) is 27.9. The molecule has 2 aliphatic heterocycles. The van der Waals surface area contributed by atoms with Crippen LogP contribution in [-0.2, 0) is 0 Å². The molecule has 15 heavy (non-hydrogen) atoms. The lowest BCUT2D eigenvalue weighted by Gasteiger charge is -2.43. The van der Waals surface area contributed by atoms with E-state index in [1.807, 2.05) is 0 Å². The number of hydrogen-bond acceptors (Lipinski definition) is 2. The Labute approximate surface area is 91.3 Å². The van der Waals surface area contributed by atoms with E-state index in [9.17, 15) is 0 Å². The van der Waals surface area contributed by atoms with Gasteiger partial charge in [-0.25, -0.2) is 0 Å². The van der Waals surface area contributed by atoms with E-state index in [0.717, 1.165) is 12.0 Å². The molecule has 80 valence electrons. The topological polar surface area (TPSA) is 15.3 Å². The Morgan fingerprint density at radius 1 is 1.13 bits per heavy atom. The smallest absolute Gasteiger partial charge is 0.0233 e. The van der Waals surface area contributed by atoms with Crippen LogP contribution in [0.2, 0.25) is 0 Å². The van der Waals surface area contributed by atoms with Crippen molar-refractivity contribution in [2.45, 2.75) is 18.4 Å². The molecular formula is C13H18N2. The van der Waals surface area contributed by atoms with Crippen molar-refractivity contribution in [2.24, 2.45) is 0 Å². The van der Waals surface area contributed by atoms with Crippen LogP contribution in [0.25, 0.3) is 0 Å². The Bertz CT molecular complexity index is 311. The number of nitrogens with one attached hydrogen (secondary N) is 1. The fourth-order valence-corrected chi connectivity index (χ4v) is 2.70. The van der Waals surface area contributed by atoms with Crippen LogP contribution in [0.5, 0.6) is 0 Å². The van der Waals surface area contributed by atoms with Gasteiger partial charge in [0, 0.05) is 31.6 Å². The third-order valence-electron chi connectivity index (χ3n) is 3.73. The summed E-state index contributed by atoms with van der Waals surface area (Å²) in [7, 11) is 0. The van der Waals surface area contributed by atoms with Gasteiger partial charge in [0.25, 0.3) is 0 Å². The molecule has 2 nitrogen and oxygen atoms in total. The highest BCUT2D eigenvalue weighted by Gasteiger charge is 2.33. The molecule has 2 heteroatoms. The van der Waals surface area contributed by atoms with Crippen LogP contribution >= 0.6 is 0 Å². The fraction of sp³-hybridized carbons (Fsp3) is 0.538. The van der Waals surface area contributed by atoms with E-state index in [0.29, 0.717) is 0 Å². The van der Waals surface area contributed by atoms with Gasteiger partial charge in [-0.2, -0.15) is 0 Å². The van der Waals surface area contributed by atoms with Gasteiger partial charge < -0.3 is 5.32 Å². The fourth-order valence-electron chi connectivity index (χ4n) is 2.70. The Kier molecular flexibility index (Phi) is 2.47. The molecule has 0 spiro atoms. The standard InChI is InChI=1S/C13H18N2/c1-2-4-11(5-3-1)12-9-15(10-12)13-6-7-14-8-13/h1-5,12-14H,6-10H2/t13-/m1/s1. The minimum absolute atomic E-state index is 0.784. The van der Waals surface area contributed by atoms with Crippen molar-refractivity contribution in [2.75, 3.05) is 26.2 Å². The van der Waals surface area contributed by atoms with Crippen LogP contribution in [0.3, 0.4) is 0 Å². The summed E-state index contributed by atoms with van der Waals surface area (Å²) in [5.41, 5.74) is 1.51.